The van der Waals surface area contributed by atoms with Crippen molar-refractivity contribution in [3.63, 3.8) is 0 Å². The summed E-state index contributed by atoms with van der Waals surface area (Å²) in [5.74, 6) is -0.226. The number of nitriles is 1. The molecule has 2 aromatic rings. The van der Waals surface area contributed by atoms with E-state index in [1.54, 1.807) is 23.1 Å². The van der Waals surface area contributed by atoms with Crippen LogP contribution in [-0.4, -0.2) is 20.4 Å². The second kappa shape index (κ2) is 3.26. The van der Waals surface area contributed by atoms with Crippen molar-refractivity contribution < 1.29 is 4.79 Å². The molecule has 68 valence electrons. The molecule has 0 saturated carbocycles. The minimum atomic E-state index is -0.226. The molecule has 0 aromatic carbocycles. The third kappa shape index (κ3) is 1.23. The van der Waals surface area contributed by atoms with Crippen molar-refractivity contribution in [2.75, 3.05) is 0 Å². The van der Waals surface area contributed by atoms with E-state index >= 15 is 0 Å². The molecule has 0 spiro atoms. The number of nitrogens with zero attached hydrogens (tertiary/aromatic N) is 4. The summed E-state index contributed by atoms with van der Waals surface area (Å²) in [6.45, 7) is 0. The number of carbonyl (C=O) groups excluding carboxylic acids is 1. The zero-order valence-electron chi connectivity index (χ0n) is 7.21. The van der Waals surface area contributed by atoms with E-state index in [1.807, 2.05) is 6.07 Å². The number of hydrogen-bond acceptors (Lipinski definition) is 4. The number of carbonyl (C=O) groups is 1. The van der Waals surface area contributed by atoms with Crippen LogP contribution in [0.25, 0.3) is 5.52 Å². The molecule has 5 nitrogen and oxygen atoms in total. The summed E-state index contributed by atoms with van der Waals surface area (Å²) in [5, 5.41) is 12.4. The van der Waals surface area contributed by atoms with Crippen LogP contribution in [-0.2, 0) is 0 Å². The molecule has 0 aliphatic carbocycles. The molecule has 0 amide bonds. The lowest BCUT2D eigenvalue weighted by atomic mass is 10.1. The summed E-state index contributed by atoms with van der Waals surface area (Å²) in [5.41, 5.74) is 1.08. The molecule has 2 aromatic heterocycles. The Morgan fingerprint density at radius 2 is 2.43 bits per heavy atom. The highest BCUT2D eigenvalue weighted by atomic mass is 16.1. The summed E-state index contributed by atoms with van der Waals surface area (Å²) >= 11 is 0. The van der Waals surface area contributed by atoms with Crippen molar-refractivity contribution in [3.05, 3.63) is 30.4 Å². The lowest BCUT2D eigenvalue weighted by Gasteiger charge is -1.92. The Morgan fingerprint density at radius 3 is 3.21 bits per heavy atom. The zero-order valence-corrected chi connectivity index (χ0v) is 7.21. The van der Waals surface area contributed by atoms with Gasteiger partial charge in [0, 0.05) is 12.4 Å². The van der Waals surface area contributed by atoms with Gasteiger partial charge in [-0.25, -0.2) is 4.52 Å². The van der Waals surface area contributed by atoms with Crippen LogP contribution in [0.3, 0.4) is 0 Å². The fraction of sp³-hybridized carbons (Fsp3) is 0.111. The van der Waals surface area contributed by atoms with Crippen LogP contribution in [0.4, 0.5) is 0 Å². The number of rotatable bonds is 2. The Kier molecular flexibility index (Phi) is 1.95. The van der Waals surface area contributed by atoms with Gasteiger partial charge in [0.2, 0.25) is 0 Å². The molecule has 0 atom stereocenters. The molecule has 0 N–H and O–H groups in total. The van der Waals surface area contributed by atoms with Gasteiger partial charge in [-0.05, 0) is 0 Å². The van der Waals surface area contributed by atoms with E-state index in [-0.39, 0.29) is 12.2 Å². The molecule has 0 unspecified atom stereocenters. The minimum Gasteiger partial charge on any atom is -0.293 e. The molecular weight excluding hydrogens is 180 g/mol. The highest BCUT2D eigenvalue weighted by molar-refractivity contribution is 6.02. The van der Waals surface area contributed by atoms with Crippen LogP contribution in [0.2, 0.25) is 0 Å². The Labute approximate surface area is 79.6 Å². The van der Waals surface area contributed by atoms with E-state index in [2.05, 4.69) is 10.1 Å². The first-order chi connectivity index (χ1) is 6.83. The van der Waals surface area contributed by atoms with Gasteiger partial charge in [-0.15, -0.1) is 0 Å². The first-order valence-corrected chi connectivity index (χ1v) is 4.00. The Balaban J connectivity index is 2.54. The van der Waals surface area contributed by atoms with E-state index in [4.69, 9.17) is 5.26 Å². The summed E-state index contributed by atoms with van der Waals surface area (Å²) in [7, 11) is 0. The SMILES string of the molecule is N#CCC(=O)c1cnn2ccncc12. The van der Waals surface area contributed by atoms with Crippen LogP contribution in [0.5, 0.6) is 0 Å². The fourth-order valence-corrected chi connectivity index (χ4v) is 1.22. The molecule has 0 fully saturated rings. The number of fused-ring (bicyclic) bond motifs is 1. The van der Waals surface area contributed by atoms with Gasteiger partial charge in [0.05, 0.1) is 36.0 Å². The van der Waals surface area contributed by atoms with Gasteiger partial charge in [-0.2, -0.15) is 10.4 Å². The highest BCUT2D eigenvalue weighted by Gasteiger charge is 2.11. The third-order valence-electron chi connectivity index (χ3n) is 1.86. The maximum atomic E-state index is 11.4. The van der Waals surface area contributed by atoms with E-state index in [9.17, 15) is 4.79 Å². The van der Waals surface area contributed by atoms with Crippen molar-refractivity contribution in [2.45, 2.75) is 6.42 Å². The van der Waals surface area contributed by atoms with Crippen molar-refractivity contribution in [3.8, 4) is 6.07 Å². The summed E-state index contributed by atoms with van der Waals surface area (Å²) < 4.78 is 1.55. The number of ketones is 1. The van der Waals surface area contributed by atoms with E-state index in [0.29, 0.717) is 11.1 Å². The topological polar surface area (TPSA) is 71.0 Å². The van der Waals surface area contributed by atoms with Gasteiger partial charge in [0.25, 0.3) is 0 Å². The fourth-order valence-electron chi connectivity index (χ4n) is 1.22. The lowest BCUT2D eigenvalue weighted by Crippen LogP contribution is -1.96. The van der Waals surface area contributed by atoms with Crippen molar-refractivity contribution in [1.29, 1.82) is 5.26 Å². The monoisotopic (exact) mass is 186 g/mol. The molecule has 14 heavy (non-hydrogen) atoms. The van der Waals surface area contributed by atoms with Gasteiger partial charge in [0.1, 0.15) is 0 Å². The van der Waals surface area contributed by atoms with E-state index in [0.717, 1.165) is 0 Å². The standard InChI is InChI=1S/C9H6N4O/c10-2-1-9(14)7-5-12-13-4-3-11-6-8(7)13/h3-6H,1H2. The smallest absolute Gasteiger partial charge is 0.180 e. The van der Waals surface area contributed by atoms with Crippen LogP contribution >= 0.6 is 0 Å². The Hall–Kier alpha value is -2.22. The summed E-state index contributed by atoms with van der Waals surface area (Å²) in [6.07, 6.45) is 6.11. The van der Waals surface area contributed by atoms with Gasteiger partial charge in [-0.3, -0.25) is 9.78 Å². The molecular formula is C9H6N4O. The first kappa shape index (κ1) is 8.38. The van der Waals surface area contributed by atoms with Crippen LogP contribution < -0.4 is 0 Å². The predicted molar refractivity (Wildman–Crippen MR) is 47.5 cm³/mol. The molecule has 0 aliphatic heterocycles. The zero-order chi connectivity index (χ0) is 9.97. The Morgan fingerprint density at radius 1 is 1.57 bits per heavy atom. The Bertz CT molecular complexity index is 523. The molecule has 0 aliphatic rings. The number of hydrogen-bond donors (Lipinski definition) is 0. The molecule has 2 heterocycles. The van der Waals surface area contributed by atoms with Gasteiger partial charge >= 0.3 is 0 Å². The largest absolute Gasteiger partial charge is 0.293 e. The van der Waals surface area contributed by atoms with Crippen LogP contribution in [0.1, 0.15) is 16.8 Å². The molecule has 0 radical (unpaired) electrons. The van der Waals surface area contributed by atoms with E-state index in [1.165, 1.54) is 6.20 Å². The van der Waals surface area contributed by atoms with Gasteiger partial charge in [0.15, 0.2) is 5.78 Å². The second-order valence-electron chi connectivity index (χ2n) is 2.72. The normalized spacial score (nSPS) is 9.93. The van der Waals surface area contributed by atoms with Crippen LogP contribution in [0, 0.1) is 11.3 Å². The average Bonchev–Trinajstić information content (AvgIpc) is 2.61. The van der Waals surface area contributed by atoms with Crippen molar-refractivity contribution in [1.82, 2.24) is 14.6 Å². The molecule has 2 rings (SSSR count). The lowest BCUT2D eigenvalue weighted by molar-refractivity contribution is 0.0999. The first-order valence-electron chi connectivity index (χ1n) is 4.00. The molecule has 5 heteroatoms. The maximum absolute atomic E-state index is 11.4. The molecule has 0 saturated heterocycles. The van der Waals surface area contributed by atoms with Crippen LogP contribution in [0.15, 0.2) is 24.8 Å². The van der Waals surface area contributed by atoms with Gasteiger partial charge in [-0.1, -0.05) is 0 Å². The minimum absolute atomic E-state index is 0.129. The predicted octanol–water partition coefficient (Wildman–Crippen LogP) is 0.826. The quantitative estimate of drug-likeness (QED) is 0.651. The number of Topliss-reactive ketones (excluding diaryl/α,β-unsaturated/α-hetero) is 1. The van der Waals surface area contributed by atoms with E-state index < -0.39 is 0 Å². The summed E-state index contributed by atoms with van der Waals surface area (Å²) in [4.78, 5) is 15.3. The highest BCUT2D eigenvalue weighted by Crippen LogP contribution is 2.10. The van der Waals surface area contributed by atoms with Crippen molar-refractivity contribution in [2.24, 2.45) is 0 Å². The number of aromatic nitrogens is 3. The summed E-state index contributed by atoms with van der Waals surface area (Å²) in [6, 6.07) is 1.81. The third-order valence-corrected chi connectivity index (χ3v) is 1.86. The van der Waals surface area contributed by atoms with Crippen molar-refractivity contribution >= 4 is 11.3 Å². The van der Waals surface area contributed by atoms with Gasteiger partial charge < -0.3 is 0 Å². The maximum Gasteiger partial charge on any atom is 0.180 e. The second-order valence-corrected chi connectivity index (χ2v) is 2.72. The molecule has 0 bridgehead atoms. The average molecular weight is 186 g/mol.